The van der Waals surface area contributed by atoms with Crippen LogP contribution < -0.4 is 4.74 Å². The molecule has 0 atom stereocenters. The number of carboxylic acid groups (broad SMARTS) is 1. The fourth-order valence-electron chi connectivity index (χ4n) is 4.32. The van der Waals surface area contributed by atoms with Crippen LogP contribution in [0, 0.1) is 5.92 Å². The van der Waals surface area contributed by atoms with Gasteiger partial charge >= 0.3 is 5.97 Å². The summed E-state index contributed by atoms with van der Waals surface area (Å²) in [5, 5.41) is 11.6. The Bertz CT molecular complexity index is 994. The lowest BCUT2D eigenvalue weighted by molar-refractivity contribution is -0.143. The number of benzene rings is 3. The van der Waals surface area contributed by atoms with Crippen LogP contribution in [0.15, 0.2) is 66.7 Å². The molecule has 0 unspecified atom stereocenters. The summed E-state index contributed by atoms with van der Waals surface area (Å²) in [6, 6.07) is 23.5. The Balaban J connectivity index is 1.25. The molecule has 1 aliphatic rings. The maximum Gasteiger partial charge on any atom is 0.306 e. The Morgan fingerprint density at radius 3 is 2.42 bits per heavy atom. The molecule has 1 N–H and O–H groups in total. The summed E-state index contributed by atoms with van der Waals surface area (Å²) in [6.45, 7) is 3.32. The number of rotatable bonds is 9. The summed E-state index contributed by atoms with van der Waals surface area (Å²) in [7, 11) is 0. The van der Waals surface area contributed by atoms with E-state index in [2.05, 4.69) is 71.6 Å². The first kappa shape index (κ1) is 21.4. The molecule has 0 saturated carbocycles. The van der Waals surface area contributed by atoms with Crippen LogP contribution >= 0.6 is 0 Å². The Hall–Kier alpha value is -2.85. The molecule has 4 heteroatoms. The van der Waals surface area contributed by atoms with Crippen LogP contribution in [0.4, 0.5) is 0 Å². The topological polar surface area (TPSA) is 49.8 Å². The number of likely N-dealkylation sites (tertiary alicyclic amines) is 1. The molecule has 3 aromatic rings. The van der Waals surface area contributed by atoms with Crippen LogP contribution in [0.3, 0.4) is 0 Å². The smallest absolute Gasteiger partial charge is 0.306 e. The Kier molecular flexibility index (Phi) is 7.21. The molecule has 0 radical (unpaired) electrons. The van der Waals surface area contributed by atoms with E-state index in [9.17, 15) is 4.79 Å². The lowest BCUT2D eigenvalue weighted by atomic mass is 9.96. The van der Waals surface area contributed by atoms with Crippen molar-refractivity contribution in [2.75, 3.05) is 19.7 Å². The molecule has 1 heterocycles. The van der Waals surface area contributed by atoms with Crippen LogP contribution in [0.5, 0.6) is 5.75 Å². The average Bonchev–Trinajstić information content (AvgIpc) is 2.80. The monoisotopic (exact) mass is 417 g/mol. The van der Waals surface area contributed by atoms with E-state index in [1.165, 1.54) is 21.9 Å². The Morgan fingerprint density at radius 2 is 1.65 bits per heavy atom. The second-order valence-corrected chi connectivity index (χ2v) is 8.52. The van der Waals surface area contributed by atoms with Crippen molar-refractivity contribution in [2.24, 2.45) is 5.92 Å². The average molecular weight is 418 g/mol. The molecule has 0 amide bonds. The normalized spacial score (nSPS) is 15.2. The molecule has 0 bridgehead atoms. The summed E-state index contributed by atoms with van der Waals surface area (Å²) in [5.41, 5.74) is 2.66. The predicted octanol–water partition coefficient (Wildman–Crippen LogP) is 5.54. The van der Waals surface area contributed by atoms with Gasteiger partial charge in [0.1, 0.15) is 5.75 Å². The van der Waals surface area contributed by atoms with Gasteiger partial charge in [0.25, 0.3) is 0 Å². The van der Waals surface area contributed by atoms with E-state index in [1.54, 1.807) is 0 Å². The number of carbonyl (C=O) groups is 1. The first-order valence-electron chi connectivity index (χ1n) is 11.3. The highest BCUT2D eigenvalue weighted by molar-refractivity contribution is 5.84. The van der Waals surface area contributed by atoms with Gasteiger partial charge in [-0.2, -0.15) is 0 Å². The minimum Gasteiger partial charge on any atom is -0.494 e. The molecule has 1 saturated heterocycles. The van der Waals surface area contributed by atoms with Crippen LogP contribution in [0.1, 0.15) is 36.8 Å². The van der Waals surface area contributed by atoms with Gasteiger partial charge in [0.05, 0.1) is 12.5 Å². The molecular formula is C27H31NO3. The summed E-state index contributed by atoms with van der Waals surface area (Å²) in [6.07, 6.45) is 4.76. The highest BCUT2D eigenvalue weighted by Gasteiger charge is 2.24. The van der Waals surface area contributed by atoms with Crippen molar-refractivity contribution in [3.05, 3.63) is 77.9 Å². The molecule has 0 aliphatic carbocycles. The van der Waals surface area contributed by atoms with Gasteiger partial charge in [0, 0.05) is 6.54 Å². The number of ether oxygens (including phenoxy) is 1. The van der Waals surface area contributed by atoms with Gasteiger partial charge in [0.2, 0.25) is 0 Å². The standard InChI is InChI=1S/C27H31NO3/c29-27(30)23-13-15-28(16-14-23)20-22-9-10-25-19-26(12-11-24(25)18-22)31-17-5-4-8-21-6-2-1-3-7-21/h1-3,6-7,9-12,18-19,23H,4-5,8,13-17,20H2,(H,29,30). The van der Waals surface area contributed by atoms with Gasteiger partial charge in [0.15, 0.2) is 0 Å². The molecule has 162 valence electrons. The summed E-state index contributed by atoms with van der Waals surface area (Å²) in [4.78, 5) is 13.5. The van der Waals surface area contributed by atoms with E-state index in [0.717, 1.165) is 64.1 Å². The number of aryl methyl sites for hydroxylation is 1. The van der Waals surface area contributed by atoms with Gasteiger partial charge in [-0.15, -0.1) is 0 Å². The third kappa shape index (κ3) is 6.08. The Morgan fingerprint density at radius 1 is 0.903 bits per heavy atom. The van der Waals surface area contributed by atoms with Gasteiger partial charge < -0.3 is 9.84 Å². The van der Waals surface area contributed by atoms with E-state index < -0.39 is 5.97 Å². The number of unbranched alkanes of at least 4 members (excludes halogenated alkanes) is 1. The molecule has 0 spiro atoms. The minimum atomic E-state index is -0.653. The molecular weight excluding hydrogens is 386 g/mol. The molecule has 4 rings (SSSR count). The largest absolute Gasteiger partial charge is 0.494 e. The van der Waals surface area contributed by atoms with Crippen LogP contribution in [-0.2, 0) is 17.8 Å². The van der Waals surface area contributed by atoms with Crippen molar-refractivity contribution in [1.82, 2.24) is 4.90 Å². The van der Waals surface area contributed by atoms with E-state index in [0.29, 0.717) is 0 Å². The van der Waals surface area contributed by atoms with Crippen molar-refractivity contribution in [3.63, 3.8) is 0 Å². The van der Waals surface area contributed by atoms with Gasteiger partial charge in [-0.25, -0.2) is 0 Å². The summed E-state index contributed by atoms with van der Waals surface area (Å²) < 4.78 is 5.98. The zero-order valence-corrected chi connectivity index (χ0v) is 18.0. The van der Waals surface area contributed by atoms with Crippen molar-refractivity contribution in [3.8, 4) is 5.75 Å². The quantitative estimate of drug-likeness (QED) is 0.465. The van der Waals surface area contributed by atoms with Crippen molar-refractivity contribution in [1.29, 1.82) is 0 Å². The first-order valence-corrected chi connectivity index (χ1v) is 11.3. The zero-order valence-electron chi connectivity index (χ0n) is 18.0. The fourth-order valence-corrected chi connectivity index (χ4v) is 4.32. The maximum atomic E-state index is 11.1. The molecule has 3 aromatic carbocycles. The third-order valence-electron chi connectivity index (χ3n) is 6.19. The highest BCUT2D eigenvalue weighted by Crippen LogP contribution is 2.24. The minimum absolute atomic E-state index is 0.176. The summed E-state index contributed by atoms with van der Waals surface area (Å²) >= 11 is 0. The predicted molar refractivity (Wildman–Crippen MR) is 124 cm³/mol. The fraction of sp³-hybridized carbons (Fsp3) is 0.370. The second kappa shape index (κ2) is 10.5. The third-order valence-corrected chi connectivity index (χ3v) is 6.19. The maximum absolute atomic E-state index is 11.1. The number of piperidine rings is 1. The highest BCUT2D eigenvalue weighted by atomic mass is 16.5. The van der Waals surface area contributed by atoms with Crippen molar-refractivity contribution >= 4 is 16.7 Å². The molecule has 31 heavy (non-hydrogen) atoms. The van der Waals surface area contributed by atoms with Crippen molar-refractivity contribution < 1.29 is 14.6 Å². The first-order chi connectivity index (χ1) is 15.2. The number of carboxylic acids is 1. The van der Waals surface area contributed by atoms with Gasteiger partial charge in [-0.3, -0.25) is 9.69 Å². The lowest BCUT2D eigenvalue weighted by Crippen LogP contribution is -2.35. The van der Waals surface area contributed by atoms with Crippen LogP contribution in [0.2, 0.25) is 0 Å². The van der Waals surface area contributed by atoms with Gasteiger partial charge in [-0.1, -0.05) is 48.5 Å². The molecule has 0 aromatic heterocycles. The number of hydrogen-bond donors (Lipinski definition) is 1. The number of nitrogens with zero attached hydrogens (tertiary/aromatic N) is 1. The van der Waals surface area contributed by atoms with E-state index >= 15 is 0 Å². The zero-order chi connectivity index (χ0) is 21.5. The van der Waals surface area contributed by atoms with Crippen LogP contribution in [0.25, 0.3) is 10.8 Å². The SMILES string of the molecule is O=C(O)C1CCN(Cc2ccc3cc(OCCCCc4ccccc4)ccc3c2)CC1. The van der Waals surface area contributed by atoms with Crippen LogP contribution in [-0.4, -0.2) is 35.7 Å². The van der Waals surface area contributed by atoms with Crippen molar-refractivity contribution in [2.45, 2.75) is 38.6 Å². The number of aliphatic carboxylic acids is 1. The molecule has 1 aliphatic heterocycles. The number of hydrogen-bond acceptors (Lipinski definition) is 3. The number of fused-ring (bicyclic) bond motifs is 1. The van der Waals surface area contributed by atoms with E-state index in [-0.39, 0.29) is 5.92 Å². The Labute approximate surface area is 184 Å². The van der Waals surface area contributed by atoms with E-state index in [1.807, 2.05) is 0 Å². The van der Waals surface area contributed by atoms with E-state index in [4.69, 9.17) is 9.84 Å². The second-order valence-electron chi connectivity index (χ2n) is 8.52. The molecule has 1 fully saturated rings. The molecule has 4 nitrogen and oxygen atoms in total. The van der Waals surface area contributed by atoms with Gasteiger partial charge in [-0.05, 0) is 85.3 Å². The lowest BCUT2D eigenvalue weighted by Gasteiger charge is -2.30. The summed E-state index contributed by atoms with van der Waals surface area (Å²) in [5.74, 6) is 0.0971.